The molecule has 0 atom stereocenters. The molecule has 0 aromatic heterocycles. The minimum Gasteiger partial charge on any atom is -0.493 e. The van der Waals surface area contributed by atoms with Crippen LogP contribution in [0.5, 0.6) is 5.75 Å². The van der Waals surface area contributed by atoms with Crippen LogP contribution in [0.1, 0.15) is 41.6 Å². The SMILES string of the molecule is Cc1cc(Cl)ccc1OCCCC(=O)NNC(=O)CCCNC(=O)c1ccc(Cl)cc1. The molecule has 0 aliphatic carbocycles. The summed E-state index contributed by atoms with van der Waals surface area (Å²) in [4.78, 5) is 35.5. The first-order valence-electron chi connectivity index (χ1n) is 9.85. The molecule has 7 nitrogen and oxygen atoms in total. The lowest BCUT2D eigenvalue weighted by Crippen LogP contribution is -2.41. The number of carbonyl (C=O) groups is 3. The van der Waals surface area contributed by atoms with Gasteiger partial charge in [-0.1, -0.05) is 23.2 Å². The Kier molecular flexibility index (Phi) is 10.1. The van der Waals surface area contributed by atoms with E-state index in [2.05, 4.69) is 16.2 Å². The second-order valence-electron chi connectivity index (χ2n) is 6.82. The van der Waals surface area contributed by atoms with Gasteiger partial charge < -0.3 is 10.1 Å². The van der Waals surface area contributed by atoms with Gasteiger partial charge in [-0.05, 0) is 67.8 Å². The molecular formula is C22H25Cl2N3O4. The summed E-state index contributed by atoms with van der Waals surface area (Å²) < 4.78 is 5.62. The maximum Gasteiger partial charge on any atom is 0.251 e. The number of hydrogen-bond donors (Lipinski definition) is 3. The van der Waals surface area contributed by atoms with Gasteiger partial charge in [0.1, 0.15) is 5.75 Å². The van der Waals surface area contributed by atoms with Crippen molar-refractivity contribution in [3.8, 4) is 5.75 Å². The molecular weight excluding hydrogens is 441 g/mol. The first kappa shape index (κ1) is 24.5. The van der Waals surface area contributed by atoms with Crippen LogP contribution in [0.2, 0.25) is 10.0 Å². The lowest BCUT2D eigenvalue weighted by Gasteiger charge is -2.10. The zero-order valence-electron chi connectivity index (χ0n) is 17.2. The van der Waals surface area contributed by atoms with Crippen LogP contribution in [0.4, 0.5) is 0 Å². The van der Waals surface area contributed by atoms with Gasteiger partial charge in [0, 0.05) is 35.0 Å². The van der Waals surface area contributed by atoms with Gasteiger partial charge in [0.25, 0.3) is 5.91 Å². The number of carbonyl (C=O) groups excluding carboxylic acids is 3. The molecule has 0 fully saturated rings. The number of aryl methyl sites for hydroxylation is 1. The highest BCUT2D eigenvalue weighted by Crippen LogP contribution is 2.21. The smallest absolute Gasteiger partial charge is 0.251 e. The molecule has 2 rings (SSSR count). The van der Waals surface area contributed by atoms with E-state index in [1.165, 1.54) is 0 Å². The molecule has 0 saturated carbocycles. The van der Waals surface area contributed by atoms with Gasteiger partial charge in [0.15, 0.2) is 0 Å². The van der Waals surface area contributed by atoms with Crippen molar-refractivity contribution in [3.63, 3.8) is 0 Å². The zero-order valence-corrected chi connectivity index (χ0v) is 18.7. The third-order valence-corrected chi connectivity index (χ3v) is 4.74. The van der Waals surface area contributed by atoms with Crippen molar-refractivity contribution >= 4 is 40.9 Å². The number of rotatable bonds is 10. The van der Waals surface area contributed by atoms with Crippen molar-refractivity contribution in [1.82, 2.24) is 16.2 Å². The second-order valence-corrected chi connectivity index (χ2v) is 7.70. The van der Waals surface area contributed by atoms with Crippen LogP contribution in [0.15, 0.2) is 42.5 Å². The molecule has 0 heterocycles. The molecule has 2 aromatic carbocycles. The number of hydrazine groups is 1. The third-order valence-electron chi connectivity index (χ3n) is 4.26. The second kappa shape index (κ2) is 12.8. The van der Waals surface area contributed by atoms with Gasteiger partial charge in [-0.15, -0.1) is 0 Å². The predicted molar refractivity (Wildman–Crippen MR) is 120 cm³/mol. The molecule has 9 heteroatoms. The Labute approximate surface area is 191 Å². The Hall–Kier alpha value is -2.77. The van der Waals surface area contributed by atoms with E-state index in [0.717, 1.165) is 11.3 Å². The number of nitrogens with one attached hydrogen (secondary N) is 3. The third kappa shape index (κ3) is 9.27. The number of amides is 3. The fraction of sp³-hybridized carbons (Fsp3) is 0.318. The van der Waals surface area contributed by atoms with Gasteiger partial charge in [0.05, 0.1) is 6.61 Å². The molecule has 2 aromatic rings. The Morgan fingerprint density at radius 3 is 2.13 bits per heavy atom. The van der Waals surface area contributed by atoms with E-state index in [4.69, 9.17) is 27.9 Å². The quantitative estimate of drug-likeness (QED) is 0.367. The van der Waals surface area contributed by atoms with E-state index in [9.17, 15) is 14.4 Å². The monoisotopic (exact) mass is 465 g/mol. The van der Waals surface area contributed by atoms with Crippen LogP contribution in [0.3, 0.4) is 0 Å². The molecule has 0 saturated heterocycles. The predicted octanol–water partition coefficient (Wildman–Crippen LogP) is 3.82. The van der Waals surface area contributed by atoms with Gasteiger partial charge in [-0.2, -0.15) is 0 Å². The van der Waals surface area contributed by atoms with Crippen molar-refractivity contribution < 1.29 is 19.1 Å². The van der Waals surface area contributed by atoms with Crippen LogP contribution < -0.4 is 20.9 Å². The summed E-state index contributed by atoms with van der Waals surface area (Å²) in [6, 6.07) is 11.9. The minimum atomic E-state index is -0.331. The highest BCUT2D eigenvalue weighted by Gasteiger charge is 2.07. The largest absolute Gasteiger partial charge is 0.493 e. The highest BCUT2D eigenvalue weighted by atomic mass is 35.5. The molecule has 3 N–H and O–H groups in total. The first-order chi connectivity index (χ1) is 14.8. The molecule has 0 radical (unpaired) electrons. The molecule has 0 spiro atoms. The van der Waals surface area contributed by atoms with Crippen LogP contribution in [0.25, 0.3) is 0 Å². The zero-order chi connectivity index (χ0) is 22.6. The molecule has 0 unspecified atom stereocenters. The summed E-state index contributed by atoms with van der Waals surface area (Å²) in [7, 11) is 0. The van der Waals surface area contributed by atoms with Crippen molar-refractivity contribution in [1.29, 1.82) is 0 Å². The Balaban J connectivity index is 1.52. The van der Waals surface area contributed by atoms with Crippen LogP contribution in [0, 0.1) is 6.92 Å². The maximum atomic E-state index is 11.9. The minimum absolute atomic E-state index is 0.167. The summed E-state index contributed by atoms with van der Waals surface area (Å²) in [5.74, 6) is -0.148. The van der Waals surface area contributed by atoms with Crippen LogP contribution in [-0.4, -0.2) is 30.9 Å². The van der Waals surface area contributed by atoms with Crippen molar-refractivity contribution in [2.24, 2.45) is 0 Å². The number of hydrogen-bond acceptors (Lipinski definition) is 4. The Bertz CT molecular complexity index is 904. The molecule has 0 aliphatic heterocycles. The maximum absolute atomic E-state index is 11.9. The van der Waals surface area contributed by atoms with Crippen molar-refractivity contribution in [2.45, 2.75) is 32.6 Å². The topological polar surface area (TPSA) is 96.5 Å². The Morgan fingerprint density at radius 1 is 0.871 bits per heavy atom. The number of ether oxygens (including phenoxy) is 1. The van der Waals surface area contributed by atoms with Crippen LogP contribution >= 0.6 is 23.2 Å². The Morgan fingerprint density at radius 2 is 1.48 bits per heavy atom. The average Bonchev–Trinajstić information content (AvgIpc) is 2.74. The van der Waals surface area contributed by atoms with Gasteiger partial charge in [0.2, 0.25) is 11.8 Å². The summed E-state index contributed by atoms with van der Waals surface area (Å²) in [6.45, 7) is 2.61. The first-order valence-corrected chi connectivity index (χ1v) is 10.6. The van der Waals surface area contributed by atoms with E-state index in [0.29, 0.717) is 41.6 Å². The van der Waals surface area contributed by atoms with Gasteiger partial charge >= 0.3 is 0 Å². The summed E-state index contributed by atoms with van der Waals surface area (Å²) in [5, 5.41) is 3.92. The van der Waals surface area contributed by atoms with E-state index in [1.54, 1.807) is 36.4 Å². The highest BCUT2D eigenvalue weighted by molar-refractivity contribution is 6.31. The fourth-order valence-corrected chi connectivity index (χ4v) is 2.96. The van der Waals surface area contributed by atoms with E-state index >= 15 is 0 Å². The van der Waals surface area contributed by atoms with Gasteiger partial charge in [-0.25, -0.2) is 0 Å². The van der Waals surface area contributed by atoms with Gasteiger partial charge in [-0.3, -0.25) is 25.2 Å². The summed E-state index contributed by atoms with van der Waals surface area (Å²) in [6.07, 6.45) is 1.32. The summed E-state index contributed by atoms with van der Waals surface area (Å²) in [5.41, 5.74) is 6.15. The molecule has 31 heavy (non-hydrogen) atoms. The van der Waals surface area contributed by atoms with Crippen LogP contribution in [-0.2, 0) is 9.59 Å². The molecule has 0 aliphatic rings. The van der Waals surface area contributed by atoms with Crippen molar-refractivity contribution in [3.05, 3.63) is 63.6 Å². The molecule has 166 valence electrons. The fourth-order valence-electron chi connectivity index (χ4n) is 2.61. The van der Waals surface area contributed by atoms with Crippen molar-refractivity contribution in [2.75, 3.05) is 13.2 Å². The lowest BCUT2D eigenvalue weighted by atomic mass is 10.2. The summed E-state index contributed by atoms with van der Waals surface area (Å²) >= 11 is 11.7. The lowest BCUT2D eigenvalue weighted by molar-refractivity contribution is -0.129. The van der Waals surface area contributed by atoms with E-state index < -0.39 is 0 Å². The average molecular weight is 466 g/mol. The number of benzene rings is 2. The molecule has 3 amide bonds. The van der Waals surface area contributed by atoms with E-state index in [-0.39, 0.29) is 30.6 Å². The number of halogens is 2. The standard InChI is InChI=1S/C22H25Cl2N3O4/c1-15-14-18(24)10-11-19(15)31-13-3-5-21(29)27-26-20(28)4-2-12-25-22(30)16-6-8-17(23)9-7-16/h6-11,14H,2-5,12-13H2,1H3,(H,25,30)(H,26,28)(H,27,29). The molecule has 0 bridgehead atoms. The normalized spacial score (nSPS) is 10.3. The van der Waals surface area contributed by atoms with E-state index in [1.807, 2.05) is 13.0 Å².